The van der Waals surface area contributed by atoms with E-state index in [4.69, 9.17) is 0 Å². The van der Waals surface area contributed by atoms with Crippen LogP contribution in [0.25, 0.3) is 5.65 Å². The topological polar surface area (TPSA) is 74.6 Å². The second kappa shape index (κ2) is 10.6. The van der Waals surface area contributed by atoms with E-state index in [1.54, 1.807) is 0 Å². The van der Waals surface area contributed by atoms with Crippen molar-refractivity contribution in [2.45, 2.75) is 71.1 Å². The van der Waals surface area contributed by atoms with Crippen molar-refractivity contribution in [3.05, 3.63) is 65.6 Å². The number of rotatable bonds is 8. The molecule has 7 heteroatoms. The normalized spacial score (nSPS) is 17.9. The first-order valence-electron chi connectivity index (χ1n) is 11.8. The van der Waals surface area contributed by atoms with E-state index in [1.165, 1.54) is 31.4 Å². The Balaban J connectivity index is 1.31. The Bertz CT molecular complexity index is 1010. The molecule has 3 heterocycles. The average molecular weight is 435 g/mol. The summed E-state index contributed by atoms with van der Waals surface area (Å²) < 4.78 is 1.93. The van der Waals surface area contributed by atoms with Crippen LogP contribution >= 0.6 is 0 Å². The smallest absolute Gasteiger partial charge is 0.315 e. The van der Waals surface area contributed by atoms with Gasteiger partial charge in [-0.05, 0) is 56.0 Å². The number of aromatic nitrogens is 3. The highest BCUT2D eigenvalue weighted by Crippen LogP contribution is 2.20. The van der Waals surface area contributed by atoms with Crippen molar-refractivity contribution < 1.29 is 4.79 Å². The summed E-state index contributed by atoms with van der Waals surface area (Å²) in [6.07, 6.45) is 7.60. The number of carbonyl (C=O) groups is 1. The summed E-state index contributed by atoms with van der Waals surface area (Å²) in [7, 11) is 0. The Hall–Kier alpha value is -2.93. The minimum Gasteiger partial charge on any atom is -0.334 e. The average Bonchev–Trinajstić information content (AvgIpc) is 3.24. The summed E-state index contributed by atoms with van der Waals surface area (Å²) in [6, 6.07) is 14.6. The molecule has 2 unspecified atom stereocenters. The number of hydrogen-bond donors (Lipinski definition) is 2. The fraction of sp³-hybridized carbons (Fsp3) is 0.480. The van der Waals surface area contributed by atoms with E-state index in [9.17, 15) is 4.79 Å². The third-order valence-corrected chi connectivity index (χ3v) is 6.34. The molecule has 0 radical (unpaired) electrons. The quantitative estimate of drug-likeness (QED) is 0.549. The van der Waals surface area contributed by atoms with Gasteiger partial charge in [-0.1, -0.05) is 50.1 Å². The van der Waals surface area contributed by atoms with Gasteiger partial charge in [0, 0.05) is 25.3 Å². The van der Waals surface area contributed by atoms with E-state index < -0.39 is 0 Å². The fourth-order valence-electron chi connectivity index (χ4n) is 4.43. The molecule has 2 aromatic heterocycles. The zero-order chi connectivity index (χ0) is 22.3. The van der Waals surface area contributed by atoms with Crippen LogP contribution in [0, 0.1) is 0 Å². The lowest BCUT2D eigenvalue weighted by Crippen LogP contribution is -2.38. The highest BCUT2D eigenvalue weighted by molar-refractivity contribution is 5.74. The minimum atomic E-state index is -0.192. The molecule has 0 saturated carbocycles. The molecule has 1 saturated heterocycles. The van der Waals surface area contributed by atoms with Gasteiger partial charge in [0.15, 0.2) is 11.5 Å². The second-order valence-corrected chi connectivity index (χ2v) is 8.79. The molecular formula is C25H34N6O. The van der Waals surface area contributed by atoms with Crippen LogP contribution in [0.2, 0.25) is 0 Å². The molecular weight excluding hydrogens is 400 g/mol. The van der Waals surface area contributed by atoms with Gasteiger partial charge in [0.25, 0.3) is 0 Å². The molecule has 0 bridgehead atoms. The maximum Gasteiger partial charge on any atom is 0.315 e. The van der Waals surface area contributed by atoms with Crippen LogP contribution in [-0.4, -0.2) is 38.1 Å². The predicted molar refractivity (Wildman–Crippen MR) is 126 cm³/mol. The molecule has 2 N–H and O–H groups in total. The van der Waals surface area contributed by atoms with Gasteiger partial charge >= 0.3 is 6.03 Å². The largest absolute Gasteiger partial charge is 0.334 e. The first-order valence-corrected chi connectivity index (χ1v) is 11.8. The SMILES string of the molecule is CCCC(NC(=O)NCc1ccc(CN2CCCCC2C)cc1)c1nnc2ccccn12. The van der Waals surface area contributed by atoms with Crippen molar-refractivity contribution >= 4 is 11.7 Å². The lowest BCUT2D eigenvalue weighted by atomic mass is 10.0. The number of benzene rings is 1. The molecule has 170 valence electrons. The summed E-state index contributed by atoms with van der Waals surface area (Å²) in [4.78, 5) is 15.2. The monoisotopic (exact) mass is 434 g/mol. The fourth-order valence-corrected chi connectivity index (χ4v) is 4.43. The second-order valence-electron chi connectivity index (χ2n) is 8.79. The van der Waals surface area contributed by atoms with Crippen LogP contribution in [0.3, 0.4) is 0 Å². The number of nitrogens with one attached hydrogen (secondary N) is 2. The van der Waals surface area contributed by atoms with Crippen molar-refractivity contribution in [3.63, 3.8) is 0 Å². The van der Waals surface area contributed by atoms with Gasteiger partial charge in [-0.15, -0.1) is 10.2 Å². The van der Waals surface area contributed by atoms with Crippen molar-refractivity contribution in [1.82, 2.24) is 30.1 Å². The first-order chi connectivity index (χ1) is 15.6. The zero-order valence-corrected chi connectivity index (χ0v) is 19.1. The van der Waals surface area contributed by atoms with Gasteiger partial charge < -0.3 is 10.6 Å². The van der Waals surface area contributed by atoms with Crippen LogP contribution in [0.1, 0.15) is 68.9 Å². The molecule has 7 nitrogen and oxygen atoms in total. The lowest BCUT2D eigenvalue weighted by Gasteiger charge is -2.33. The van der Waals surface area contributed by atoms with Crippen LogP contribution in [-0.2, 0) is 13.1 Å². The van der Waals surface area contributed by atoms with Gasteiger partial charge in [0.2, 0.25) is 0 Å². The maximum atomic E-state index is 12.6. The molecule has 0 spiro atoms. The molecule has 0 aliphatic carbocycles. The van der Waals surface area contributed by atoms with Crippen LogP contribution in [0.4, 0.5) is 4.79 Å². The van der Waals surface area contributed by atoms with E-state index in [-0.39, 0.29) is 12.1 Å². The van der Waals surface area contributed by atoms with Gasteiger partial charge in [-0.2, -0.15) is 0 Å². The molecule has 32 heavy (non-hydrogen) atoms. The number of urea groups is 1. The highest BCUT2D eigenvalue weighted by atomic mass is 16.2. The molecule has 4 rings (SSSR count). The Morgan fingerprint density at radius 3 is 2.72 bits per heavy atom. The van der Waals surface area contributed by atoms with Gasteiger partial charge in [-0.3, -0.25) is 9.30 Å². The minimum absolute atomic E-state index is 0.189. The number of carbonyl (C=O) groups excluding carboxylic acids is 1. The standard InChI is InChI=1S/C25H34N6O/c1-3-8-22(24-29-28-23-10-5-7-16-31(23)24)27-25(32)26-17-20-11-13-21(14-12-20)18-30-15-6-4-9-19(30)2/h5,7,10-14,16,19,22H,3-4,6,8-9,15,17-18H2,1-2H3,(H2,26,27,32). The van der Waals surface area contributed by atoms with Crippen molar-refractivity contribution in [1.29, 1.82) is 0 Å². The lowest BCUT2D eigenvalue weighted by molar-refractivity contribution is 0.152. The van der Waals surface area contributed by atoms with Crippen molar-refractivity contribution in [3.8, 4) is 0 Å². The zero-order valence-electron chi connectivity index (χ0n) is 19.1. The number of nitrogens with zero attached hydrogens (tertiary/aromatic N) is 4. The third kappa shape index (κ3) is 5.46. The van der Waals surface area contributed by atoms with Crippen molar-refractivity contribution in [2.75, 3.05) is 6.54 Å². The van der Waals surface area contributed by atoms with E-state index in [2.05, 4.69) is 63.8 Å². The number of amides is 2. The first kappa shape index (κ1) is 22.3. The highest BCUT2D eigenvalue weighted by Gasteiger charge is 2.20. The van der Waals surface area contributed by atoms with E-state index in [0.717, 1.165) is 36.4 Å². The maximum absolute atomic E-state index is 12.6. The summed E-state index contributed by atoms with van der Waals surface area (Å²) in [5, 5.41) is 14.6. The molecule has 2 atom stereocenters. The molecule has 1 aliphatic heterocycles. The Morgan fingerprint density at radius 2 is 1.94 bits per heavy atom. The van der Waals surface area contributed by atoms with Gasteiger partial charge in [0.1, 0.15) is 0 Å². The van der Waals surface area contributed by atoms with E-state index in [1.807, 2.05) is 28.8 Å². The van der Waals surface area contributed by atoms with Crippen LogP contribution in [0.5, 0.6) is 0 Å². The molecule has 1 fully saturated rings. The van der Waals surface area contributed by atoms with Crippen molar-refractivity contribution in [2.24, 2.45) is 0 Å². The summed E-state index contributed by atoms with van der Waals surface area (Å²) in [5.74, 6) is 0.758. The van der Waals surface area contributed by atoms with Crippen LogP contribution in [0.15, 0.2) is 48.7 Å². The van der Waals surface area contributed by atoms with E-state index >= 15 is 0 Å². The molecule has 1 aliphatic rings. The Morgan fingerprint density at radius 1 is 1.12 bits per heavy atom. The molecule has 3 aromatic rings. The van der Waals surface area contributed by atoms with Crippen LogP contribution < -0.4 is 10.6 Å². The number of fused-ring (bicyclic) bond motifs is 1. The predicted octanol–water partition coefficient (Wildman–Crippen LogP) is 4.44. The Labute approximate surface area is 190 Å². The third-order valence-electron chi connectivity index (χ3n) is 6.34. The Kier molecular flexibility index (Phi) is 7.37. The number of hydrogen-bond acceptors (Lipinski definition) is 4. The summed E-state index contributed by atoms with van der Waals surface area (Å²) in [6.45, 7) is 7.10. The molecule has 2 amide bonds. The number of piperidine rings is 1. The summed E-state index contributed by atoms with van der Waals surface area (Å²) in [5.41, 5.74) is 3.20. The van der Waals surface area contributed by atoms with Gasteiger partial charge in [0.05, 0.1) is 6.04 Å². The molecule has 1 aromatic carbocycles. The number of pyridine rings is 1. The number of likely N-dealkylation sites (tertiary alicyclic amines) is 1. The summed E-state index contributed by atoms with van der Waals surface area (Å²) >= 11 is 0. The van der Waals surface area contributed by atoms with Gasteiger partial charge in [-0.25, -0.2) is 4.79 Å². The van der Waals surface area contributed by atoms with E-state index in [0.29, 0.717) is 12.6 Å².